The molecule has 4 nitrogen and oxygen atoms in total. The van der Waals surface area contributed by atoms with Gasteiger partial charge in [-0.1, -0.05) is 23.7 Å². The third-order valence-electron chi connectivity index (χ3n) is 2.24. The second-order valence-corrected chi connectivity index (χ2v) is 3.93. The van der Waals surface area contributed by atoms with E-state index >= 15 is 0 Å². The lowest BCUT2D eigenvalue weighted by atomic mass is 10.2. The second-order valence-electron chi connectivity index (χ2n) is 3.52. The van der Waals surface area contributed by atoms with E-state index in [0.29, 0.717) is 0 Å². The number of rotatable bonds is 2. The summed E-state index contributed by atoms with van der Waals surface area (Å²) in [5, 5.41) is 2.56. The van der Waals surface area contributed by atoms with Gasteiger partial charge < -0.3 is 11.1 Å². The van der Waals surface area contributed by atoms with Crippen LogP contribution in [0.15, 0.2) is 36.5 Å². The zero-order chi connectivity index (χ0) is 13.1. The van der Waals surface area contributed by atoms with E-state index in [1.165, 1.54) is 30.5 Å². The molecule has 1 aromatic carbocycles. The lowest BCUT2D eigenvalue weighted by molar-refractivity contribution is 0.102. The molecule has 1 aromatic heterocycles. The minimum absolute atomic E-state index is 0.0777. The van der Waals surface area contributed by atoms with E-state index in [1.807, 2.05) is 0 Å². The van der Waals surface area contributed by atoms with Gasteiger partial charge in [-0.3, -0.25) is 4.79 Å². The number of aromatic nitrogens is 1. The van der Waals surface area contributed by atoms with Crippen LogP contribution in [0.1, 0.15) is 10.4 Å². The number of nitrogen functional groups attached to an aromatic ring is 1. The van der Waals surface area contributed by atoms with Crippen LogP contribution in [-0.2, 0) is 0 Å². The molecular weight excluding hydrogens is 257 g/mol. The molecule has 0 bridgehead atoms. The maximum atomic E-state index is 13.4. The molecule has 0 spiro atoms. The first-order valence-electron chi connectivity index (χ1n) is 5.05. The highest BCUT2D eigenvalue weighted by molar-refractivity contribution is 6.34. The van der Waals surface area contributed by atoms with E-state index in [1.54, 1.807) is 6.07 Å². The van der Waals surface area contributed by atoms with Crippen molar-refractivity contribution in [2.45, 2.75) is 0 Å². The monoisotopic (exact) mass is 265 g/mol. The van der Waals surface area contributed by atoms with Gasteiger partial charge in [0.2, 0.25) is 0 Å². The maximum Gasteiger partial charge on any atom is 0.257 e. The highest BCUT2D eigenvalue weighted by Crippen LogP contribution is 2.19. The highest BCUT2D eigenvalue weighted by Gasteiger charge is 2.13. The molecule has 0 radical (unpaired) electrons. The minimum Gasteiger partial charge on any atom is -0.384 e. The molecule has 18 heavy (non-hydrogen) atoms. The van der Waals surface area contributed by atoms with E-state index in [0.717, 1.165) is 0 Å². The van der Waals surface area contributed by atoms with Crippen LogP contribution in [0, 0.1) is 5.82 Å². The van der Waals surface area contributed by atoms with Crippen molar-refractivity contribution in [3.05, 3.63) is 52.9 Å². The molecule has 0 aliphatic carbocycles. The quantitative estimate of drug-likeness (QED) is 0.877. The van der Waals surface area contributed by atoms with E-state index in [9.17, 15) is 9.18 Å². The van der Waals surface area contributed by atoms with Crippen LogP contribution < -0.4 is 11.1 Å². The van der Waals surface area contributed by atoms with Crippen molar-refractivity contribution < 1.29 is 9.18 Å². The number of pyridine rings is 1. The number of anilines is 2. The molecule has 92 valence electrons. The fraction of sp³-hybridized carbons (Fsp3) is 0. The molecular formula is C12H9ClFN3O. The first-order valence-corrected chi connectivity index (χ1v) is 5.42. The zero-order valence-corrected chi connectivity index (χ0v) is 9.91. The standard InChI is InChI=1S/C12H9ClFN3O/c13-8-6-16-11(15)5-7(8)12(18)17-10-4-2-1-3-9(10)14/h1-6H,(H2,15,16)(H,17,18). The Hall–Kier alpha value is -2.14. The van der Waals surface area contributed by atoms with Crippen LogP contribution in [-0.4, -0.2) is 10.9 Å². The van der Waals surface area contributed by atoms with Gasteiger partial charge in [-0.25, -0.2) is 9.37 Å². The predicted octanol–water partition coefficient (Wildman–Crippen LogP) is 2.71. The number of carbonyl (C=O) groups excluding carboxylic acids is 1. The number of hydrogen-bond donors (Lipinski definition) is 2. The average Bonchev–Trinajstić information content (AvgIpc) is 2.35. The Labute approximate surface area is 108 Å². The van der Waals surface area contributed by atoms with Gasteiger partial charge in [0.05, 0.1) is 16.3 Å². The summed E-state index contributed by atoms with van der Waals surface area (Å²) in [6, 6.07) is 7.17. The third-order valence-corrected chi connectivity index (χ3v) is 2.54. The molecule has 0 unspecified atom stereocenters. The maximum absolute atomic E-state index is 13.4. The number of hydrogen-bond acceptors (Lipinski definition) is 3. The van der Waals surface area contributed by atoms with Gasteiger partial charge in [0, 0.05) is 6.20 Å². The molecule has 2 aromatic rings. The summed E-state index contributed by atoms with van der Waals surface area (Å²) in [4.78, 5) is 15.6. The topological polar surface area (TPSA) is 68.0 Å². The molecule has 0 aliphatic heterocycles. The van der Waals surface area contributed by atoms with Crippen molar-refractivity contribution in [3.63, 3.8) is 0 Å². The van der Waals surface area contributed by atoms with Gasteiger partial charge in [-0.05, 0) is 18.2 Å². The molecule has 6 heteroatoms. The number of benzene rings is 1. The number of nitrogens with zero attached hydrogens (tertiary/aromatic N) is 1. The van der Waals surface area contributed by atoms with E-state index in [2.05, 4.69) is 10.3 Å². The Bertz CT molecular complexity index is 604. The average molecular weight is 266 g/mol. The van der Waals surface area contributed by atoms with Crippen molar-refractivity contribution in [1.29, 1.82) is 0 Å². The lowest BCUT2D eigenvalue weighted by Crippen LogP contribution is -2.14. The number of halogens is 2. The molecule has 1 amide bonds. The fourth-order valence-corrected chi connectivity index (χ4v) is 1.57. The smallest absolute Gasteiger partial charge is 0.257 e. The van der Waals surface area contributed by atoms with E-state index in [4.69, 9.17) is 17.3 Å². The summed E-state index contributed by atoms with van der Waals surface area (Å²) in [7, 11) is 0. The number of carbonyl (C=O) groups is 1. The van der Waals surface area contributed by atoms with Crippen molar-refractivity contribution in [1.82, 2.24) is 4.98 Å². The molecule has 0 atom stereocenters. The second kappa shape index (κ2) is 5.01. The summed E-state index contributed by atoms with van der Waals surface area (Å²) in [5.41, 5.74) is 5.69. The van der Waals surface area contributed by atoms with Gasteiger partial charge in [-0.15, -0.1) is 0 Å². The van der Waals surface area contributed by atoms with Gasteiger partial charge >= 0.3 is 0 Å². The zero-order valence-electron chi connectivity index (χ0n) is 9.15. The fourth-order valence-electron chi connectivity index (χ4n) is 1.38. The molecule has 1 heterocycles. The van der Waals surface area contributed by atoms with Crippen LogP contribution in [0.5, 0.6) is 0 Å². The van der Waals surface area contributed by atoms with Crippen molar-refractivity contribution in [3.8, 4) is 0 Å². The third kappa shape index (κ3) is 2.57. The Balaban J connectivity index is 2.28. The Morgan fingerprint density at radius 2 is 2.11 bits per heavy atom. The SMILES string of the molecule is Nc1cc(C(=O)Nc2ccccc2F)c(Cl)cn1. The first kappa shape index (κ1) is 12.3. The molecule has 2 rings (SSSR count). The van der Waals surface area contributed by atoms with E-state index in [-0.39, 0.29) is 22.1 Å². The summed E-state index contributed by atoms with van der Waals surface area (Å²) in [5.74, 6) is -0.902. The molecule has 0 aliphatic rings. The summed E-state index contributed by atoms with van der Waals surface area (Å²) < 4.78 is 13.4. The Kier molecular flexibility index (Phi) is 3.43. The molecule has 0 saturated carbocycles. The largest absolute Gasteiger partial charge is 0.384 e. The molecule has 3 N–H and O–H groups in total. The predicted molar refractivity (Wildman–Crippen MR) is 68.0 cm³/mol. The van der Waals surface area contributed by atoms with Crippen molar-refractivity contribution in [2.75, 3.05) is 11.1 Å². The Morgan fingerprint density at radius 1 is 1.39 bits per heavy atom. The van der Waals surface area contributed by atoms with Crippen LogP contribution in [0.3, 0.4) is 0 Å². The molecule has 0 saturated heterocycles. The van der Waals surface area contributed by atoms with Gasteiger partial charge in [-0.2, -0.15) is 0 Å². The van der Waals surface area contributed by atoms with Crippen molar-refractivity contribution in [2.24, 2.45) is 0 Å². The van der Waals surface area contributed by atoms with Crippen LogP contribution in [0.4, 0.5) is 15.9 Å². The number of amides is 1. The van der Waals surface area contributed by atoms with Gasteiger partial charge in [0.1, 0.15) is 11.6 Å². The summed E-state index contributed by atoms with van der Waals surface area (Å²) in [6.07, 6.45) is 1.27. The van der Waals surface area contributed by atoms with Crippen molar-refractivity contribution >= 4 is 29.0 Å². The van der Waals surface area contributed by atoms with Gasteiger partial charge in [0.15, 0.2) is 0 Å². The highest BCUT2D eigenvalue weighted by atomic mass is 35.5. The lowest BCUT2D eigenvalue weighted by Gasteiger charge is -2.07. The number of nitrogens with one attached hydrogen (secondary N) is 1. The number of nitrogens with two attached hydrogens (primary N) is 1. The van der Waals surface area contributed by atoms with E-state index < -0.39 is 11.7 Å². The summed E-state index contributed by atoms with van der Waals surface area (Å²) >= 11 is 5.82. The van der Waals surface area contributed by atoms with Gasteiger partial charge in [0.25, 0.3) is 5.91 Å². The first-order chi connectivity index (χ1) is 8.58. The van der Waals surface area contributed by atoms with Crippen LogP contribution in [0.2, 0.25) is 5.02 Å². The Morgan fingerprint density at radius 3 is 2.83 bits per heavy atom. The van der Waals surface area contributed by atoms with Crippen LogP contribution in [0.25, 0.3) is 0 Å². The number of para-hydroxylation sites is 1. The summed E-state index contributed by atoms with van der Waals surface area (Å²) in [6.45, 7) is 0. The van der Waals surface area contributed by atoms with Crippen LogP contribution >= 0.6 is 11.6 Å². The normalized spacial score (nSPS) is 10.1. The minimum atomic E-state index is -0.542. The molecule has 0 fully saturated rings.